The van der Waals surface area contributed by atoms with Crippen LogP contribution in [0, 0.1) is 0 Å². The van der Waals surface area contributed by atoms with Crippen LogP contribution in [0.25, 0.3) is 110 Å². The van der Waals surface area contributed by atoms with Crippen LogP contribution in [-0.2, 0) is 0 Å². The molecule has 0 fully saturated rings. The maximum atomic E-state index is 5.33. The van der Waals surface area contributed by atoms with Crippen molar-refractivity contribution in [2.24, 2.45) is 0 Å². The van der Waals surface area contributed by atoms with Gasteiger partial charge in [-0.3, -0.25) is 0 Å². The van der Waals surface area contributed by atoms with Gasteiger partial charge in [-0.2, -0.15) is 0 Å². The molecule has 1 heterocycles. The highest BCUT2D eigenvalue weighted by molar-refractivity contribution is 6.23. The molecule has 0 bridgehead atoms. The van der Waals surface area contributed by atoms with E-state index in [-0.39, 0.29) is 0 Å². The third-order valence-corrected chi connectivity index (χ3v) is 11.1. The van der Waals surface area contributed by atoms with Crippen LogP contribution >= 0.6 is 0 Å². The summed E-state index contributed by atoms with van der Waals surface area (Å²) in [6, 6.07) is 71.1. The second-order valence-electron chi connectivity index (χ2n) is 14.3. The summed E-state index contributed by atoms with van der Waals surface area (Å²) in [5, 5.41) is 12.1. The molecule has 1 aromatic heterocycles. The van der Waals surface area contributed by atoms with Gasteiger partial charge in [-0.25, -0.2) is 15.0 Å². The maximum absolute atomic E-state index is 5.33. The summed E-state index contributed by atoms with van der Waals surface area (Å²) in [7, 11) is 0. The highest BCUT2D eigenvalue weighted by Crippen LogP contribution is 2.44. The first kappa shape index (κ1) is 32.0. The highest BCUT2D eigenvalue weighted by Gasteiger charge is 2.20. The van der Waals surface area contributed by atoms with Gasteiger partial charge in [-0.05, 0) is 88.2 Å². The van der Waals surface area contributed by atoms with E-state index in [1.54, 1.807) is 0 Å². The number of fused-ring (bicyclic) bond motifs is 6. The van der Waals surface area contributed by atoms with Crippen LogP contribution in [0.3, 0.4) is 0 Å². The van der Waals surface area contributed by atoms with Gasteiger partial charge in [0.2, 0.25) is 0 Å². The van der Waals surface area contributed by atoms with Crippen molar-refractivity contribution in [3.63, 3.8) is 0 Å². The summed E-state index contributed by atoms with van der Waals surface area (Å²) < 4.78 is 0. The van der Waals surface area contributed by atoms with Gasteiger partial charge in [0.1, 0.15) is 0 Å². The summed E-state index contributed by atoms with van der Waals surface area (Å²) >= 11 is 0. The molecular weight excluding hydrogens is 679 g/mol. The van der Waals surface area contributed by atoms with Crippen molar-refractivity contribution in [3.05, 3.63) is 200 Å². The zero-order valence-corrected chi connectivity index (χ0v) is 30.4. The molecule has 0 unspecified atom stereocenters. The van der Waals surface area contributed by atoms with Crippen LogP contribution in [0.4, 0.5) is 0 Å². The Morgan fingerprint density at radius 2 is 0.750 bits per heavy atom. The standard InChI is InChI=1S/C53H33N3/c1-2-17-36(18-3-1)51-54-52(47-27-13-12-25-43(47)41-28-14-20-34-15-4-7-21-38(34)41)56-53(55-51)48-32-31-45(42-24-10-11-26-44(42)48)50-40-23-9-6-19-37(40)33-49-39-22-8-5-16-35(39)29-30-46(49)50/h1-33H. The van der Waals surface area contributed by atoms with E-state index < -0.39 is 0 Å². The predicted octanol–water partition coefficient (Wildman–Crippen LogP) is 14.0. The average molecular weight is 712 g/mol. The second-order valence-corrected chi connectivity index (χ2v) is 14.3. The van der Waals surface area contributed by atoms with Gasteiger partial charge >= 0.3 is 0 Å². The van der Waals surface area contributed by atoms with E-state index in [1.165, 1.54) is 54.2 Å². The molecule has 0 aliphatic rings. The van der Waals surface area contributed by atoms with Gasteiger partial charge in [0.25, 0.3) is 0 Å². The van der Waals surface area contributed by atoms with E-state index in [4.69, 9.17) is 15.0 Å². The molecular formula is C53H33N3. The van der Waals surface area contributed by atoms with E-state index >= 15 is 0 Å². The Kier molecular flexibility index (Phi) is 7.49. The Balaban J connectivity index is 1.16. The molecule has 0 atom stereocenters. The normalized spacial score (nSPS) is 11.6. The van der Waals surface area contributed by atoms with Gasteiger partial charge in [0, 0.05) is 16.7 Å². The molecule has 0 radical (unpaired) electrons. The van der Waals surface area contributed by atoms with Crippen molar-refractivity contribution in [2.45, 2.75) is 0 Å². The topological polar surface area (TPSA) is 38.7 Å². The second kappa shape index (κ2) is 13.1. The van der Waals surface area contributed by atoms with Gasteiger partial charge in [-0.15, -0.1) is 0 Å². The highest BCUT2D eigenvalue weighted by atomic mass is 15.0. The molecule has 3 nitrogen and oxygen atoms in total. The lowest BCUT2D eigenvalue weighted by molar-refractivity contribution is 1.08. The van der Waals surface area contributed by atoms with E-state index in [2.05, 4.69) is 182 Å². The first-order chi connectivity index (χ1) is 27.8. The van der Waals surface area contributed by atoms with Crippen LogP contribution in [0.15, 0.2) is 200 Å². The number of hydrogen-bond donors (Lipinski definition) is 0. The molecule has 0 amide bonds. The summed E-state index contributed by atoms with van der Waals surface area (Å²) in [6.45, 7) is 0. The van der Waals surface area contributed by atoms with E-state index in [1.807, 2.05) is 18.2 Å². The molecule has 0 aliphatic heterocycles. The average Bonchev–Trinajstić information content (AvgIpc) is 3.28. The van der Waals surface area contributed by atoms with Crippen LogP contribution in [0.2, 0.25) is 0 Å². The van der Waals surface area contributed by atoms with Gasteiger partial charge in [-0.1, -0.05) is 188 Å². The first-order valence-corrected chi connectivity index (χ1v) is 19.0. The number of benzene rings is 10. The first-order valence-electron chi connectivity index (χ1n) is 19.0. The molecule has 0 spiro atoms. The SMILES string of the molecule is c1ccc(-c2nc(-c3ccccc3-c3cccc4ccccc34)nc(-c3ccc(-c4c5ccccc5cc5c4ccc4ccccc45)c4ccccc34)n2)cc1. The Bertz CT molecular complexity index is 3310. The Labute approximate surface area is 324 Å². The van der Waals surface area contributed by atoms with Gasteiger partial charge in [0.15, 0.2) is 17.5 Å². The number of aromatic nitrogens is 3. The number of rotatable bonds is 5. The van der Waals surface area contributed by atoms with Gasteiger partial charge < -0.3 is 0 Å². The van der Waals surface area contributed by atoms with Gasteiger partial charge in [0.05, 0.1) is 0 Å². The minimum atomic E-state index is 0.637. The zero-order valence-electron chi connectivity index (χ0n) is 30.4. The summed E-state index contributed by atoms with van der Waals surface area (Å²) in [5.41, 5.74) is 7.50. The largest absolute Gasteiger partial charge is 0.208 e. The lowest BCUT2D eigenvalue weighted by atomic mass is 9.87. The molecule has 11 aromatic rings. The van der Waals surface area contributed by atoms with Crippen LogP contribution in [0.1, 0.15) is 0 Å². The summed E-state index contributed by atoms with van der Waals surface area (Å²) in [5.74, 6) is 1.91. The smallest absolute Gasteiger partial charge is 0.164 e. The van der Waals surface area contributed by atoms with Crippen molar-refractivity contribution in [1.29, 1.82) is 0 Å². The monoisotopic (exact) mass is 711 g/mol. The predicted molar refractivity (Wildman–Crippen MR) is 235 cm³/mol. The Morgan fingerprint density at radius 3 is 1.54 bits per heavy atom. The molecule has 11 rings (SSSR count). The van der Waals surface area contributed by atoms with Crippen molar-refractivity contribution in [1.82, 2.24) is 15.0 Å². The fourth-order valence-electron chi connectivity index (χ4n) is 8.53. The minimum absolute atomic E-state index is 0.637. The fourth-order valence-corrected chi connectivity index (χ4v) is 8.53. The third kappa shape index (κ3) is 5.25. The van der Waals surface area contributed by atoms with E-state index in [9.17, 15) is 0 Å². The summed E-state index contributed by atoms with van der Waals surface area (Å²) in [4.78, 5) is 15.7. The molecule has 0 aliphatic carbocycles. The van der Waals surface area contributed by atoms with E-state index in [0.717, 1.165) is 38.6 Å². The molecule has 0 saturated carbocycles. The van der Waals surface area contributed by atoms with E-state index in [0.29, 0.717) is 17.5 Å². The zero-order chi connectivity index (χ0) is 37.0. The number of hydrogen-bond acceptors (Lipinski definition) is 3. The van der Waals surface area contributed by atoms with Crippen molar-refractivity contribution in [3.8, 4) is 56.4 Å². The molecule has 56 heavy (non-hydrogen) atoms. The lowest BCUT2D eigenvalue weighted by Gasteiger charge is -2.17. The molecule has 3 heteroatoms. The van der Waals surface area contributed by atoms with Crippen molar-refractivity contribution >= 4 is 53.9 Å². The lowest BCUT2D eigenvalue weighted by Crippen LogP contribution is -2.01. The van der Waals surface area contributed by atoms with Crippen LogP contribution < -0.4 is 0 Å². The molecule has 260 valence electrons. The number of nitrogens with zero attached hydrogens (tertiary/aromatic N) is 3. The van der Waals surface area contributed by atoms with Crippen LogP contribution in [0.5, 0.6) is 0 Å². The third-order valence-electron chi connectivity index (χ3n) is 11.1. The van der Waals surface area contributed by atoms with Crippen molar-refractivity contribution < 1.29 is 0 Å². The fraction of sp³-hybridized carbons (Fsp3) is 0. The summed E-state index contributed by atoms with van der Waals surface area (Å²) in [6.07, 6.45) is 0. The van der Waals surface area contributed by atoms with Crippen LogP contribution in [-0.4, -0.2) is 15.0 Å². The van der Waals surface area contributed by atoms with Crippen molar-refractivity contribution in [2.75, 3.05) is 0 Å². The Hall–Kier alpha value is -7.49. The minimum Gasteiger partial charge on any atom is -0.208 e. The molecule has 0 saturated heterocycles. The molecule has 0 N–H and O–H groups in total. The Morgan fingerprint density at radius 1 is 0.232 bits per heavy atom. The maximum Gasteiger partial charge on any atom is 0.164 e. The quantitative estimate of drug-likeness (QED) is 0.132. The molecule has 10 aromatic carbocycles.